The number of pyridine rings is 1. The van der Waals surface area contributed by atoms with Crippen molar-refractivity contribution in [1.82, 2.24) is 24.6 Å². The lowest BCUT2D eigenvalue weighted by Gasteiger charge is -2.25. The number of carbonyl (C=O) groups is 2. The molecular formula is C32H31N5O2S. The number of carbonyl (C=O) groups excluding carboxylic acids is 2. The van der Waals surface area contributed by atoms with Gasteiger partial charge < -0.3 is 9.80 Å². The van der Waals surface area contributed by atoms with Crippen LogP contribution in [0.5, 0.6) is 0 Å². The monoisotopic (exact) mass is 549 g/mol. The van der Waals surface area contributed by atoms with Crippen molar-refractivity contribution < 1.29 is 9.59 Å². The minimum Gasteiger partial charge on any atom is -0.343 e. The smallest absolute Gasteiger partial charge is 0.254 e. The minimum atomic E-state index is -0.0405. The lowest BCUT2D eigenvalue weighted by atomic mass is 10.0. The molecule has 40 heavy (non-hydrogen) atoms. The quantitative estimate of drug-likeness (QED) is 0.222. The summed E-state index contributed by atoms with van der Waals surface area (Å²) in [5.74, 6) is 0.169. The van der Waals surface area contributed by atoms with Gasteiger partial charge >= 0.3 is 0 Å². The summed E-state index contributed by atoms with van der Waals surface area (Å²) >= 11 is 1.65. The predicted molar refractivity (Wildman–Crippen MR) is 159 cm³/mol. The molecule has 0 saturated carbocycles. The van der Waals surface area contributed by atoms with E-state index >= 15 is 0 Å². The van der Waals surface area contributed by atoms with Crippen LogP contribution in [0, 0.1) is 6.92 Å². The van der Waals surface area contributed by atoms with Gasteiger partial charge in [0.05, 0.1) is 21.8 Å². The number of nitrogens with zero attached hydrogens (tertiary/aromatic N) is 5. The molecule has 6 rings (SSSR count). The lowest BCUT2D eigenvalue weighted by Crippen LogP contribution is -2.34. The van der Waals surface area contributed by atoms with Gasteiger partial charge in [0.15, 0.2) is 0 Å². The third kappa shape index (κ3) is 5.53. The van der Waals surface area contributed by atoms with Gasteiger partial charge in [-0.15, -0.1) is 11.3 Å². The molecule has 0 unspecified atom stereocenters. The molecule has 0 bridgehead atoms. The number of likely N-dealkylation sites (tertiary alicyclic amines) is 1. The molecule has 2 amide bonds. The van der Waals surface area contributed by atoms with Crippen LogP contribution in [0.2, 0.25) is 0 Å². The summed E-state index contributed by atoms with van der Waals surface area (Å²) in [6, 6.07) is 22.0. The number of benzene rings is 2. The maximum Gasteiger partial charge on any atom is 0.254 e. The zero-order chi connectivity index (χ0) is 27.5. The Morgan fingerprint density at radius 3 is 2.67 bits per heavy atom. The molecule has 0 radical (unpaired) electrons. The second-order valence-electron chi connectivity index (χ2n) is 10.2. The van der Waals surface area contributed by atoms with Crippen molar-refractivity contribution in [1.29, 1.82) is 0 Å². The molecule has 4 heterocycles. The van der Waals surface area contributed by atoms with Crippen molar-refractivity contribution in [2.45, 2.75) is 32.7 Å². The fraction of sp³-hybridized carbons (Fsp3) is 0.250. The van der Waals surface area contributed by atoms with E-state index in [2.05, 4.69) is 47.7 Å². The zero-order valence-corrected chi connectivity index (χ0v) is 23.3. The molecule has 0 spiro atoms. The molecule has 7 nitrogen and oxygen atoms in total. The van der Waals surface area contributed by atoms with Gasteiger partial charge in [-0.25, -0.2) is 9.67 Å². The number of rotatable bonds is 9. The molecule has 1 fully saturated rings. The molecule has 2 aromatic carbocycles. The van der Waals surface area contributed by atoms with Crippen molar-refractivity contribution in [2.75, 3.05) is 19.6 Å². The minimum absolute atomic E-state index is 0.0405. The maximum atomic E-state index is 14.0. The number of thiophene rings is 1. The van der Waals surface area contributed by atoms with Gasteiger partial charge in [0.1, 0.15) is 0 Å². The van der Waals surface area contributed by atoms with Crippen molar-refractivity contribution in [3.05, 3.63) is 101 Å². The van der Waals surface area contributed by atoms with Gasteiger partial charge in [-0.05, 0) is 85.3 Å². The number of aryl methyl sites for hydroxylation is 1. The van der Waals surface area contributed by atoms with Crippen LogP contribution in [0.15, 0.2) is 84.5 Å². The summed E-state index contributed by atoms with van der Waals surface area (Å²) in [7, 11) is 0. The molecule has 5 aromatic rings. The highest BCUT2D eigenvalue weighted by molar-refractivity contribution is 7.13. The molecule has 8 heteroatoms. The fourth-order valence-electron chi connectivity index (χ4n) is 5.30. The molecule has 1 aliphatic rings. The van der Waals surface area contributed by atoms with E-state index in [1.165, 1.54) is 5.56 Å². The lowest BCUT2D eigenvalue weighted by molar-refractivity contribution is -0.127. The van der Waals surface area contributed by atoms with Crippen molar-refractivity contribution in [2.24, 2.45) is 0 Å². The summed E-state index contributed by atoms with van der Waals surface area (Å²) < 4.78 is 1.77. The van der Waals surface area contributed by atoms with E-state index in [1.807, 2.05) is 52.4 Å². The van der Waals surface area contributed by atoms with Crippen molar-refractivity contribution >= 4 is 34.1 Å². The highest BCUT2D eigenvalue weighted by Gasteiger charge is 2.23. The van der Waals surface area contributed by atoms with Crippen LogP contribution >= 0.6 is 11.3 Å². The number of aromatic nitrogens is 3. The van der Waals surface area contributed by atoms with E-state index in [4.69, 9.17) is 4.98 Å². The van der Waals surface area contributed by atoms with Crippen LogP contribution in [0.1, 0.15) is 40.7 Å². The summed E-state index contributed by atoms with van der Waals surface area (Å²) in [4.78, 5) is 36.1. The van der Waals surface area contributed by atoms with E-state index in [-0.39, 0.29) is 11.8 Å². The summed E-state index contributed by atoms with van der Waals surface area (Å²) in [6.45, 7) is 4.51. The predicted octanol–water partition coefficient (Wildman–Crippen LogP) is 6.11. The molecule has 3 aromatic heterocycles. The highest BCUT2D eigenvalue weighted by atomic mass is 32.1. The number of hydrogen-bond acceptors (Lipinski definition) is 5. The van der Waals surface area contributed by atoms with Gasteiger partial charge in [0, 0.05) is 55.9 Å². The maximum absolute atomic E-state index is 14.0. The Kier molecular flexibility index (Phi) is 7.42. The van der Waals surface area contributed by atoms with Gasteiger partial charge in [-0.2, -0.15) is 5.10 Å². The van der Waals surface area contributed by atoms with Crippen molar-refractivity contribution in [3.8, 4) is 16.3 Å². The van der Waals surface area contributed by atoms with Crippen LogP contribution in [0.25, 0.3) is 27.2 Å². The normalized spacial score (nSPS) is 13.3. The zero-order valence-electron chi connectivity index (χ0n) is 22.5. The van der Waals surface area contributed by atoms with Crippen LogP contribution < -0.4 is 0 Å². The Bertz CT molecular complexity index is 1630. The van der Waals surface area contributed by atoms with E-state index in [0.29, 0.717) is 31.6 Å². The van der Waals surface area contributed by atoms with E-state index in [9.17, 15) is 9.59 Å². The summed E-state index contributed by atoms with van der Waals surface area (Å²) in [5.41, 5.74) is 5.55. The fourth-order valence-corrected chi connectivity index (χ4v) is 6.05. The molecule has 0 atom stereocenters. The molecule has 1 aliphatic heterocycles. The first-order chi connectivity index (χ1) is 19.5. The topological polar surface area (TPSA) is 71.3 Å². The van der Waals surface area contributed by atoms with Gasteiger partial charge in [-0.1, -0.05) is 17.7 Å². The van der Waals surface area contributed by atoms with Gasteiger partial charge in [0.25, 0.3) is 5.91 Å². The van der Waals surface area contributed by atoms with Crippen LogP contribution in [0.3, 0.4) is 0 Å². The average Bonchev–Trinajstić information content (AvgIpc) is 3.76. The van der Waals surface area contributed by atoms with Gasteiger partial charge in [-0.3, -0.25) is 9.59 Å². The second kappa shape index (κ2) is 11.4. The summed E-state index contributed by atoms with van der Waals surface area (Å²) in [5, 5.41) is 7.40. The highest BCUT2D eigenvalue weighted by Crippen LogP contribution is 2.31. The Labute approximate surface area is 237 Å². The largest absolute Gasteiger partial charge is 0.343 e. The first-order valence-corrected chi connectivity index (χ1v) is 14.5. The third-order valence-corrected chi connectivity index (χ3v) is 8.24. The van der Waals surface area contributed by atoms with E-state index in [1.54, 1.807) is 22.2 Å². The van der Waals surface area contributed by atoms with E-state index in [0.717, 1.165) is 52.1 Å². The Morgan fingerprint density at radius 1 is 1.07 bits per heavy atom. The average molecular weight is 550 g/mol. The molecular weight excluding hydrogens is 518 g/mol. The van der Waals surface area contributed by atoms with Crippen LogP contribution in [0.4, 0.5) is 0 Å². The van der Waals surface area contributed by atoms with Crippen LogP contribution in [-0.2, 0) is 11.3 Å². The summed E-state index contributed by atoms with van der Waals surface area (Å²) in [6.07, 6.45) is 5.87. The number of amides is 2. The molecule has 202 valence electrons. The van der Waals surface area contributed by atoms with Gasteiger partial charge in [0.2, 0.25) is 5.91 Å². The first-order valence-electron chi connectivity index (χ1n) is 13.7. The standard InChI is InChI=1S/C32H31N5O2S/c1-23-8-13-28-25(20-23)21-26(31(34-28)29-6-3-19-40-29)22-36(17-5-16-35-15-2-7-30(35)38)32(39)24-9-11-27(12-10-24)37-18-4-14-33-37/h3-4,6,8-14,18-21H,2,5,7,15-17,22H2,1H3. The first kappa shape index (κ1) is 26.0. The number of hydrogen-bond donors (Lipinski definition) is 0. The SMILES string of the molecule is Cc1ccc2nc(-c3cccs3)c(CN(CCCN3CCCC3=O)C(=O)c3ccc(-n4cccn4)cc3)cc2c1. The number of fused-ring (bicyclic) bond motifs is 1. The van der Waals surface area contributed by atoms with Crippen molar-refractivity contribution in [3.63, 3.8) is 0 Å². The molecule has 1 saturated heterocycles. The Hall–Kier alpha value is -4.30. The van der Waals surface area contributed by atoms with E-state index < -0.39 is 0 Å². The van der Waals surface area contributed by atoms with Crippen LogP contribution in [-0.4, -0.2) is 56.0 Å². The molecule has 0 N–H and O–H groups in total. The molecule has 0 aliphatic carbocycles. The Balaban J connectivity index is 1.32. The second-order valence-corrected chi connectivity index (χ2v) is 11.2. The Morgan fingerprint density at radius 2 is 1.95 bits per heavy atom. The third-order valence-electron chi connectivity index (χ3n) is 7.36.